The molecule has 0 saturated carbocycles. The predicted octanol–water partition coefficient (Wildman–Crippen LogP) is 1.33. The van der Waals surface area contributed by atoms with Crippen LogP contribution in [0.3, 0.4) is 0 Å². The molecule has 21 heavy (non-hydrogen) atoms. The van der Waals surface area contributed by atoms with Gasteiger partial charge in [-0.2, -0.15) is 0 Å². The van der Waals surface area contributed by atoms with E-state index in [4.69, 9.17) is 10.8 Å². The summed E-state index contributed by atoms with van der Waals surface area (Å²) in [6.45, 7) is 0.492. The van der Waals surface area contributed by atoms with Gasteiger partial charge in [0, 0.05) is 12.6 Å². The van der Waals surface area contributed by atoms with Gasteiger partial charge >= 0.3 is 5.97 Å². The summed E-state index contributed by atoms with van der Waals surface area (Å²) in [5.41, 5.74) is 5.91. The quantitative estimate of drug-likeness (QED) is 0.819. The van der Waals surface area contributed by atoms with Crippen molar-refractivity contribution in [3.8, 4) is 0 Å². The molecule has 3 N–H and O–H groups in total. The number of nitrogens with two attached hydrogens (primary N) is 1. The fourth-order valence-corrected chi connectivity index (χ4v) is 3.23. The molecule has 1 fully saturated rings. The number of hydrogen-bond donors (Lipinski definition) is 2. The second-order valence-electron chi connectivity index (χ2n) is 4.79. The van der Waals surface area contributed by atoms with Crippen LogP contribution in [0.5, 0.6) is 0 Å². The fraction of sp³-hybridized carbons (Fsp3) is 0.357. The molecule has 6 nitrogen and oxygen atoms in total. The number of piperidine rings is 1. The first kappa shape index (κ1) is 15.2. The summed E-state index contributed by atoms with van der Waals surface area (Å²) in [5, 5.41) is 10.4. The monoisotopic (exact) mass is 308 g/mol. The van der Waals surface area contributed by atoms with Gasteiger partial charge in [0.05, 0.1) is 4.88 Å². The number of rotatable bonds is 4. The molecule has 1 aromatic heterocycles. The molecule has 1 aliphatic rings. The lowest BCUT2D eigenvalue weighted by Gasteiger charge is -2.33. The number of nitrogens with zero attached hydrogens (tertiary/aromatic N) is 1. The van der Waals surface area contributed by atoms with Crippen molar-refractivity contribution in [2.24, 2.45) is 5.73 Å². The Morgan fingerprint density at radius 3 is 2.81 bits per heavy atom. The van der Waals surface area contributed by atoms with E-state index in [1.54, 1.807) is 11.4 Å². The highest BCUT2D eigenvalue weighted by Crippen LogP contribution is 2.25. The van der Waals surface area contributed by atoms with Crippen molar-refractivity contribution in [1.82, 2.24) is 4.90 Å². The number of likely N-dealkylation sites (tertiary alicyclic amines) is 1. The molecule has 0 aromatic carbocycles. The Kier molecular flexibility index (Phi) is 4.74. The molecule has 0 spiro atoms. The van der Waals surface area contributed by atoms with Gasteiger partial charge in [-0.15, -0.1) is 11.3 Å². The smallest absolute Gasteiger partial charge is 0.328 e. The van der Waals surface area contributed by atoms with E-state index in [1.165, 1.54) is 22.3 Å². The molecule has 7 heteroatoms. The third kappa shape index (κ3) is 3.49. The summed E-state index contributed by atoms with van der Waals surface area (Å²) < 4.78 is 0. The van der Waals surface area contributed by atoms with E-state index in [1.807, 2.05) is 0 Å². The van der Waals surface area contributed by atoms with Gasteiger partial charge in [-0.3, -0.25) is 9.59 Å². The van der Waals surface area contributed by atoms with E-state index in [0.717, 1.165) is 18.9 Å². The summed E-state index contributed by atoms with van der Waals surface area (Å²) in [6.07, 6.45) is 4.65. The zero-order chi connectivity index (χ0) is 15.4. The maximum Gasteiger partial charge on any atom is 0.328 e. The summed E-state index contributed by atoms with van der Waals surface area (Å²) >= 11 is 1.23. The summed E-state index contributed by atoms with van der Waals surface area (Å²) in [6, 6.07) is 1.10. The molecule has 0 aliphatic carbocycles. The Morgan fingerprint density at radius 2 is 2.14 bits per heavy atom. The summed E-state index contributed by atoms with van der Waals surface area (Å²) in [4.78, 5) is 36.6. The van der Waals surface area contributed by atoms with Gasteiger partial charge in [0.25, 0.3) is 5.91 Å². The maximum atomic E-state index is 12.6. The lowest BCUT2D eigenvalue weighted by atomic mass is 10.0. The highest BCUT2D eigenvalue weighted by molar-refractivity contribution is 7.12. The normalized spacial score (nSPS) is 18.9. The van der Waals surface area contributed by atoms with Gasteiger partial charge in [-0.05, 0) is 42.3 Å². The first-order chi connectivity index (χ1) is 10.0. The van der Waals surface area contributed by atoms with Crippen molar-refractivity contribution in [2.75, 3.05) is 6.54 Å². The van der Waals surface area contributed by atoms with Crippen molar-refractivity contribution in [3.05, 3.63) is 28.0 Å². The molecule has 0 radical (unpaired) electrons. The zero-order valence-corrected chi connectivity index (χ0v) is 12.1. The van der Waals surface area contributed by atoms with Gasteiger partial charge in [0.2, 0.25) is 5.91 Å². The second kappa shape index (κ2) is 6.53. The largest absolute Gasteiger partial charge is 0.478 e. The van der Waals surface area contributed by atoms with Crippen LogP contribution in [0.25, 0.3) is 6.08 Å². The first-order valence-corrected chi connectivity index (χ1v) is 7.47. The van der Waals surface area contributed by atoms with E-state index >= 15 is 0 Å². The SMILES string of the molecule is NC(=O)C1CCCCN1C(=O)c1sccc1C=CC(=O)O. The van der Waals surface area contributed by atoms with Crippen LogP contribution in [0.2, 0.25) is 0 Å². The average Bonchev–Trinajstić information content (AvgIpc) is 2.92. The number of carbonyl (C=O) groups is 3. The van der Waals surface area contributed by atoms with Crippen LogP contribution in [-0.2, 0) is 9.59 Å². The minimum atomic E-state index is -1.08. The van der Waals surface area contributed by atoms with Crippen molar-refractivity contribution in [3.63, 3.8) is 0 Å². The molecule has 1 atom stereocenters. The number of amides is 2. The predicted molar refractivity (Wildman–Crippen MR) is 78.9 cm³/mol. The molecule has 1 aromatic rings. The Balaban J connectivity index is 2.25. The minimum Gasteiger partial charge on any atom is -0.478 e. The van der Waals surface area contributed by atoms with Gasteiger partial charge in [0.15, 0.2) is 0 Å². The number of aliphatic carboxylic acids is 1. The molecule has 1 saturated heterocycles. The van der Waals surface area contributed by atoms with E-state index < -0.39 is 17.9 Å². The van der Waals surface area contributed by atoms with E-state index in [9.17, 15) is 14.4 Å². The molecule has 1 unspecified atom stereocenters. The lowest BCUT2D eigenvalue weighted by Crippen LogP contribution is -2.50. The third-order valence-corrected chi connectivity index (χ3v) is 4.31. The zero-order valence-electron chi connectivity index (χ0n) is 11.3. The van der Waals surface area contributed by atoms with Gasteiger partial charge < -0.3 is 15.7 Å². The van der Waals surface area contributed by atoms with Crippen LogP contribution in [0.1, 0.15) is 34.5 Å². The number of carboxylic acid groups (broad SMARTS) is 1. The maximum absolute atomic E-state index is 12.6. The highest BCUT2D eigenvalue weighted by Gasteiger charge is 2.32. The van der Waals surface area contributed by atoms with Crippen molar-refractivity contribution < 1.29 is 19.5 Å². The minimum absolute atomic E-state index is 0.265. The van der Waals surface area contributed by atoms with Crippen LogP contribution in [0.15, 0.2) is 17.5 Å². The summed E-state index contributed by atoms with van der Waals surface area (Å²) in [7, 11) is 0. The average molecular weight is 308 g/mol. The Bertz CT molecular complexity index is 594. The molecule has 0 bridgehead atoms. The van der Waals surface area contributed by atoms with Gasteiger partial charge in [-0.25, -0.2) is 4.79 Å². The van der Waals surface area contributed by atoms with E-state index in [0.29, 0.717) is 23.4 Å². The van der Waals surface area contributed by atoms with Crippen LogP contribution in [0.4, 0.5) is 0 Å². The van der Waals surface area contributed by atoms with E-state index in [2.05, 4.69) is 0 Å². The molecule has 2 amide bonds. The number of carboxylic acids is 1. The topological polar surface area (TPSA) is 101 Å². The van der Waals surface area contributed by atoms with E-state index in [-0.39, 0.29) is 5.91 Å². The first-order valence-electron chi connectivity index (χ1n) is 6.59. The fourth-order valence-electron chi connectivity index (χ4n) is 2.39. The number of thiophene rings is 1. The lowest BCUT2D eigenvalue weighted by molar-refractivity contribution is -0.131. The number of carbonyl (C=O) groups excluding carboxylic acids is 2. The van der Waals surface area contributed by atoms with Crippen molar-refractivity contribution >= 4 is 35.2 Å². The van der Waals surface area contributed by atoms with Crippen LogP contribution in [0, 0.1) is 0 Å². The van der Waals surface area contributed by atoms with Crippen LogP contribution in [-0.4, -0.2) is 40.4 Å². The molecular weight excluding hydrogens is 292 g/mol. The highest BCUT2D eigenvalue weighted by atomic mass is 32.1. The number of hydrogen-bond acceptors (Lipinski definition) is 4. The molecule has 1 aliphatic heterocycles. The second-order valence-corrected chi connectivity index (χ2v) is 5.71. The Labute approximate surface area is 125 Å². The Hall–Kier alpha value is -2.15. The Morgan fingerprint density at radius 1 is 1.38 bits per heavy atom. The molecule has 2 heterocycles. The molecule has 2 rings (SSSR count). The third-order valence-electron chi connectivity index (χ3n) is 3.39. The number of primary amides is 1. The van der Waals surface area contributed by atoms with Gasteiger partial charge in [-0.1, -0.05) is 0 Å². The molecular formula is C14H16N2O4S. The summed E-state index contributed by atoms with van der Waals surface area (Å²) in [5.74, 6) is -1.84. The van der Waals surface area contributed by atoms with Crippen molar-refractivity contribution in [2.45, 2.75) is 25.3 Å². The van der Waals surface area contributed by atoms with Gasteiger partial charge in [0.1, 0.15) is 6.04 Å². The standard InChI is InChI=1S/C14H16N2O4S/c15-13(19)10-3-1-2-7-16(10)14(20)12-9(6-8-21-12)4-5-11(17)18/h4-6,8,10H,1-3,7H2,(H2,15,19)(H,17,18). The van der Waals surface area contributed by atoms with Crippen LogP contribution >= 0.6 is 11.3 Å². The molecule has 112 valence electrons. The van der Waals surface area contributed by atoms with Crippen LogP contribution < -0.4 is 5.73 Å². The van der Waals surface area contributed by atoms with Crippen molar-refractivity contribution in [1.29, 1.82) is 0 Å².